The molecule has 0 fully saturated rings. The Balaban J connectivity index is 1.86. The molecule has 0 bridgehead atoms. The van der Waals surface area contributed by atoms with Gasteiger partial charge < -0.3 is 14.8 Å². The number of fused-ring (bicyclic) bond motifs is 1. The van der Waals surface area contributed by atoms with Gasteiger partial charge in [-0.05, 0) is 55.2 Å². The van der Waals surface area contributed by atoms with Crippen LogP contribution in [-0.2, 0) is 29.0 Å². The SMILES string of the molecule is COc1cc(OC)cc(-c2nn(-c3cc(NCCNS(C)(=O)=O)ccc3C(F)(F)F)c(=O)c3c2CCC3)c1. The molecule has 2 N–H and O–H groups in total. The summed E-state index contributed by atoms with van der Waals surface area (Å²) < 4.78 is 78.5. The zero-order valence-electron chi connectivity index (χ0n) is 21.0. The van der Waals surface area contributed by atoms with Gasteiger partial charge in [-0.3, -0.25) is 4.79 Å². The van der Waals surface area contributed by atoms with Crippen molar-refractivity contribution in [2.45, 2.75) is 25.4 Å². The van der Waals surface area contributed by atoms with Crippen LogP contribution in [0.4, 0.5) is 18.9 Å². The van der Waals surface area contributed by atoms with E-state index >= 15 is 0 Å². The molecule has 13 heteroatoms. The largest absolute Gasteiger partial charge is 0.497 e. The molecule has 0 atom stereocenters. The maximum Gasteiger partial charge on any atom is 0.418 e. The monoisotopic (exact) mass is 552 g/mol. The summed E-state index contributed by atoms with van der Waals surface area (Å²) in [5, 5.41) is 7.34. The van der Waals surface area contributed by atoms with E-state index in [-0.39, 0.29) is 18.8 Å². The zero-order chi connectivity index (χ0) is 27.7. The Morgan fingerprint density at radius 2 is 1.66 bits per heavy atom. The topological polar surface area (TPSA) is 112 Å². The third-order valence-corrected chi connectivity index (χ3v) is 6.86. The molecule has 2 aromatic carbocycles. The van der Waals surface area contributed by atoms with E-state index in [2.05, 4.69) is 15.1 Å². The Hall–Kier alpha value is -3.58. The highest BCUT2D eigenvalue weighted by Gasteiger charge is 2.35. The number of nitrogens with one attached hydrogen (secondary N) is 2. The van der Waals surface area contributed by atoms with Crippen molar-refractivity contribution in [1.82, 2.24) is 14.5 Å². The van der Waals surface area contributed by atoms with E-state index in [1.165, 1.54) is 26.4 Å². The van der Waals surface area contributed by atoms with Gasteiger partial charge in [0.25, 0.3) is 5.56 Å². The second kappa shape index (κ2) is 10.7. The van der Waals surface area contributed by atoms with Crippen LogP contribution in [0.5, 0.6) is 11.5 Å². The molecular formula is C25H27F3N4O5S. The van der Waals surface area contributed by atoms with E-state index in [9.17, 15) is 26.4 Å². The molecule has 1 aromatic heterocycles. The molecule has 0 spiro atoms. The predicted molar refractivity (Wildman–Crippen MR) is 137 cm³/mol. The van der Waals surface area contributed by atoms with Gasteiger partial charge in [0.15, 0.2) is 0 Å². The van der Waals surface area contributed by atoms with Crippen molar-refractivity contribution in [3.63, 3.8) is 0 Å². The first-order valence-electron chi connectivity index (χ1n) is 11.7. The molecule has 1 aliphatic rings. The minimum atomic E-state index is -4.76. The minimum absolute atomic E-state index is 0.0219. The van der Waals surface area contributed by atoms with Crippen LogP contribution in [0.2, 0.25) is 0 Å². The van der Waals surface area contributed by atoms with Crippen molar-refractivity contribution >= 4 is 15.7 Å². The van der Waals surface area contributed by atoms with E-state index in [4.69, 9.17) is 9.47 Å². The summed E-state index contributed by atoms with van der Waals surface area (Å²) in [6.45, 7) is 0.132. The highest BCUT2D eigenvalue weighted by Crippen LogP contribution is 2.37. The second-order valence-corrected chi connectivity index (χ2v) is 10.6. The maximum atomic E-state index is 14.1. The van der Waals surface area contributed by atoms with Crippen molar-refractivity contribution in [3.8, 4) is 28.4 Å². The summed E-state index contributed by atoms with van der Waals surface area (Å²) in [5.74, 6) is 0.936. The van der Waals surface area contributed by atoms with Crippen LogP contribution in [-0.4, -0.2) is 51.8 Å². The number of halogens is 3. The van der Waals surface area contributed by atoms with Gasteiger partial charge in [0.05, 0.1) is 37.4 Å². The molecule has 0 unspecified atom stereocenters. The van der Waals surface area contributed by atoms with Gasteiger partial charge in [0.2, 0.25) is 10.0 Å². The molecule has 38 heavy (non-hydrogen) atoms. The summed E-state index contributed by atoms with van der Waals surface area (Å²) >= 11 is 0. The fraction of sp³-hybridized carbons (Fsp3) is 0.360. The number of aromatic nitrogens is 2. The molecule has 0 radical (unpaired) electrons. The van der Waals surface area contributed by atoms with Gasteiger partial charge in [-0.2, -0.15) is 23.0 Å². The van der Waals surface area contributed by atoms with Crippen LogP contribution in [0.25, 0.3) is 16.9 Å². The zero-order valence-corrected chi connectivity index (χ0v) is 21.8. The number of alkyl halides is 3. The summed E-state index contributed by atoms with van der Waals surface area (Å²) in [5.41, 5.74) is 0.214. The standard InChI is InChI=1S/C25H27F3N4O5S/c1-36-17-11-15(12-18(14-17)37-2)23-19-5-4-6-20(19)24(33)32(31-23)22-13-16(7-8-21(22)25(26,27)28)29-9-10-30-38(3,34)35/h7-8,11-14,29-30H,4-6,9-10H2,1-3H3. The van der Waals surface area contributed by atoms with Gasteiger partial charge in [-0.25, -0.2) is 13.1 Å². The van der Waals surface area contributed by atoms with Crippen LogP contribution in [0.15, 0.2) is 41.2 Å². The molecule has 3 aromatic rings. The molecule has 0 saturated heterocycles. The molecule has 9 nitrogen and oxygen atoms in total. The van der Waals surface area contributed by atoms with Crippen molar-refractivity contribution in [2.24, 2.45) is 0 Å². The van der Waals surface area contributed by atoms with Crippen LogP contribution < -0.4 is 25.1 Å². The lowest BCUT2D eigenvalue weighted by Gasteiger charge is -2.19. The van der Waals surface area contributed by atoms with E-state index in [0.29, 0.717) is 53.1 Å². The molecule has 0 aliphatic heterocycles. The maximum absolute atomic E-state index is 14.1. The first-order chi connectivity index (χ1) is 17.9. The van der Waals surface area contributed by atoms with E-state index in [1.54, 1.807) is 18.2 Å². The number of anilines is 1. The Kier molecular flexibility index (Phi) is 7.70. The van der Waals surface area contributed by atoms with Crippen molar-refractivity contribution in [1.29, 1.82) is 0 Å². The third-order valence-electron chi connectivity index (χ3n) is 6.13. The molecular weight excluding hydrogens is 525 g/mol. The first kappa shape index (κ1) is 27.5. The normalized spacial score (nSPS) is 13.3. The van der Waals surface area contributed by atoms with Crippen molar-refractivity contribution in [3.05, 3.63) is 63.4 Å². The van der Waals surface area contributed by atoms with Crippen LogP contribution in [0.1, 0.15) is 23.1 Å². The number of ether oxygens (including phenoxy) is 2. The quantitative estimate of drug-likeness (QED) is 0.392. The number of methoxy groups -OCH3 is 2. The molecule has 204 valence electrons. The lowest BCUT2D eigenvalue weighted by molar-refractivity contribution is -0.137. The Morgan fingerprint density at radius 1 is 1.00 bits per heavy atom. The lowest BCUT2D eigenvalue weighted by Crippen LogP contribution is -2.29. The van der Waals surface area contributed by atoms with Gasteiger partial charge in [-0.1, -0.05) is 0 Å². The van der Waals surface area contributed by atoms with E-state index in [1.807, 2.05) is 0 Å². The van der Waals surface area contributed by atoms with Crippen LogP contribution >= 0.6 is 0 Å². The summed E-state index contributed by atoms with van der Waals surface area (Å²) in [6, 6.07) is 8.33. The van der Waals surface area contributed by atoms with Crippen LogP contribution in [0, 0.1) is 0 Å². The Labute approximate surface area is 217 Å². The smallest absolute Gasteiger partial charge is 0.418 e. The van der Waals surface area contributed by atoms with Gasteiger partial charge in [0.1, 0.15) is 11.5 Å². The van der Waals surface area contributed by atoms with Gasteiger partial charge in [-0.15, -0.1) is 0 Å². The van der Waals surface area contributed by atoms with Crippen LogP contribution in [0.3, 0.4) is 0 Å². The second-order valence-electron chi connectivity index (χ2n) is 8.80. The Bertz CT molecular complexity index is 1500. The average molecular weight is 553 g/mol. The first-order valence-corrected chi connectivity index (χ1v) is 13.6. The number of rotatable bonds is 9. The molecule has 0 saturated carbocycles. The summed E-state index contributed by atoms with van der Waals surface area (Å²) in [7, 11) is -0.455. The number of benzene rings is 2. The van der Waals surface area contributed by atoms with E-state index < -0.39 is 33.0 Å². The molecule has 4 rings (SSSR count). The number of hydrogen-bond acceptors (Lipinski definition) is 7. The fourth-order valence-corrected chi connectivity index (χ4v) is 4.89. The molecule has 1 heterocycles. The molecule has 1 aliphatic carbocycles. The minimum Gasteiger partial charge on any atom is -0.497 e. The molecule has 0 amide bonds. The van der Waals surface area contributed by atoms with Gasteiger partial charge in [0, 0.05) is 36.0 Å². The lowest BCUT2D eigenvalue weighted by atomic mass is 10.0. The predicted octanol–water partition coefficient (Wildman–Crippen LogP) is 3.39. The van der Waals surface area contributed by atoms with Crippen molar-refractivity contribution < 1.29 is 31.1 Å². The summed E-state index contributed by atoms with van der Waals surface area (Å²) in [4.78, 5) is 13.4. The highest BCUT2D eigenvalue weighted by molar-refractivity contribution is 7.88. The number of sulfonamides is 1. The summed E-state index contributed by atoms with van der Waals surface area (Å²) in [6.07, 6.45) is -2.10. The Morgan fingerprint density at radius 3 is 2.26 bits per heavy atom. The third kappa shape index (κ3) is 5.94. The van der Waals surface area contributed by atoms with E-state index in [0.717, 1.165) is 17.0 Å². The highest BCUT2D eigenvalue weighted by atomic mass is 32.2. The number of nitrogens with zero attached hydrogens (tertiary/aromatic N) is 2. The van der Waals surface area contributed by atoms with Crippen molar-refractivity contribution in [2.75, 3.05) is 38.9 Å². The fourth-order valence-electron chi connectivity index (χ4n) is 4.41. The number of hydrogen-bond donors (Lipinski definition) is 2. The van der Waals surface area contributed by atoms with Gasteiger partial charge >= 0.3 is 6.18 Å². The average Bonchev–Trinajstić information content (AvgIpc) is 3.36.